The van der Waals surface area contributed by atoms with Crippen LogP contribution in [0.15, 0.2) is 36.4 Å². The van der Waals surface area contributed by atoms with Crippen LogP contribution in [0.2, 0.25) is 0 Å². The average Bonchev–Trinajstić information content (AvgIpc) is 3.90. The number of benzene rings is 1. The largest absolute Gasteiger partial charge is 0.477 e. The number of hydrogen-bond donors (Lipinski definition) is 1. The minimum atomic E-state index is -0.909. The topological polar surface area (TPSA) is 91.6 Å². The number of fused-ring (bicyclic) bond motifs is 2. The molecule has 10 heteroatoms. The SMILES string of the molecule is Cc1nc(C)c(-c2ccc3cc(-c4c(C5CCCCC5)c5sc(C(=O)O)cc5n4CC(=O)N4CCC(N5CCCC5)CC4)ccc3n2)s1. The number of nitrogens with zero attached hydrogens (tertiary/aromatic N) is 5. The number of hydrogen-bond acceptors (Lipinski definition) is 7. The second-order valence-electron chi connectivity index (χ2n) is 13.9. The zero-order valence-corrected chi connectivity index (χ0v) is 29.5. The Balaban J connectivity index is 1.20. The molecule has 2 saturated heterocycles. The quantitative estimate of drug-likeness (QED) is 0.185. The van der Waals surface area contributed by atoms with Crippen molar-refractivity contribution in [2.45, 2.75) is 90.1 Å². The lowest BCUT2D eigenvalue weighted by Gasteiger charge is -2.36. The van der Waals surface area contributed by atoms with Gasteiger partial charge in [0.2, 0.25) is 5.91 Å². The van der Waals surface area contributed by atoms with Gasteiger partial charge in [0, 0.05) is 24.5 Å². The number of amides is 1. The molecule has 3 fully saturated rings. The summed E-state index contributed by atoms with van der Waals surface area (Å²) in [6, 6.07) is 13.1. The molecule has 48 heavy (non-hydrogen) atoms. The number of carboxylic acids is 1. The van der Waals surface area contributed by atoms with Gasteiger partial charge in [-0.05, 0) is 107 Å². The maximum absolute atomic E-state index is 14.1. The van der Waals surface area contributed by atoms with Crippen LogP contribution >= 0.6 is 22.7 Å². The van der Waals surface area contributed by atoms with Crippen molar-refractivity contribution in [3.8, 4) is 21.8 Å². The first-order chi connectivity index (χ1) is 23.3. The second kappa shape index (κ2) is 13.0. The number of aromatic carboxylic acids is 1. The van der Waals surface area contributed by atoms with Gasteiger partial charge in [-0.25, -0.2) is 14.8 Å². The number of carbonyl (C=O) groups excluding carboxylic acids is 1. The van der Waals surface area contributed by atoms with Crippen LogP contribution in [0.1, 0.15) is 89.6 Å². The van der Waals surface area contributed by atoms with E-state index in [-0.39, 0.29) is 12.5 Å². The van der Waals surface area contributed by atoms with Gasteiger partial charge in [-0.2, -0.15) is 0 Å². The summed E-state index contributed by atoms with van der Waals surface area (Å²) in [5, 5.41) is 12.1. The van der Waals surface area contributed by atoms with Crippen molar-refractivity contribution in [1.82, 2.24) is 24.3 Å². The number of pyridine rings is 1. The molecule has 4 aromatic heterocycles. The molecule has 8 rings (SSSR count). The highest BCUT2D eigenvalue weighted by Gasteiger charge is 2.32. The van der Waals surface area contributed by atoms with Gasteiger partial charge in [0.1, 0.15) is 11.4 Å². The third-order valence-corrected chi connectivity index (χ3v) is 13.1. The molecule has 0 bridgehead atoms. The van der Waals surface area contributed by atoms with E-state index in [4.69, 9.17) is 4.98 Å². The second-order valence-corrected chi connectivity index (χ2v) is 16.2. The summed E-state index contributed by atoms with van der Waals surface area (Å²) in [4.78, 5) is 42.1. The summed E-state index contributed by atoms with van der Waals surface area (Å²) < 4.78 is 3.18. The van der Waals surface area contributed by atoms with E-state index in [2.05, 4.69) is 44.8 Å². The van der Waals surface area contributed by atoms with Crippen LogP contribution in [0.4, 0.5) is 0 Å². The molecule has 0 spiro atoms. The average molecular weight is 682 g/mol. The molecule has 0 unspecified atom stereocenters. The van der Waals surface area contributed by atoms with Gasteiger partial charge < -0.3 is 19.5 Å². The van der Waals surface area contributed by atoms with E-state index in [1.165, 1.54) is 62.1 Å². The Morgan fingerprint density at radius 2 is 1.65 bits per heavy atom. The molecule has 1 saturated carbocycles. The zero-order chi connectivity index (χ0) is 32.9. The zero-order valence-electron chi connectivity index (χ0n) is 27.8. The minimum absolute atomic E-state index is 0.119. The van der Waals surface area contributed by atoms with Crippen LogP contribution in [-0.2, 0) is 11.3 Å². The predicted octanol–water partition coefficient (Wildman–Crippen LogP) is 8.49. The van der Waals surface area contributed by atoms with E-state index >= 15 is 0 Å². The lowest BCUT2D eigenvalue weighted by molar-refractivity contribution is -0.133. The molecule has 3 aliphatic rings. The van der Waals surface area contributed by atoms with Crippen molar-refractivity contribution < 1.29 is 14.7 Å². The lowest BCUT2D eigenvalue weighted by Crippen LogP contribution is -2.46. The number of rotatable bonds is 7. The summed E-state index contributed by atoms with van der Waals surface area (Å²) in [6.07, 6.45) is 10.3. The molecule has 250 valence electrons. The predicted molar refractivity (Wildman–Crippen MR) is 194 cm³/mol. The fourth-order valence-corrected chi connectivity index (χ4v) is 10.5. The van der Waals surface area contributed by atoms with E-state index in [1.54, 1.807) is 17.4 Å². The van der Waals surface area contributed by atoms with Crippen molar-refractivity contribution in [3.05, 3.63) is 57.5 Å². The Labute approximate surface area is 289 Å². The van der Waals surface area contributed by atoms with Gasteiger partial charge >= 0.3 is 5.97 Å². The van der Waals surface area contributed by atoms with Crippen LogP contribution in [0.25, 0.3) is 42.9 Å². The molecule has 0 radical (unpaired) electrons. The van der Waals surface area contributed by atoms with Gasteiger partial charge in [0.15, 0.2) is 0 Å². The molecule has 0 atom stereocenters. The minimum Gasteiger partial charge on any atom is -0.477 e. The Morgan fingerprint density at radius 3 is 2.35 bits per heavy atom. The lowest BCUT2D eigenvalue weighted by atomic mass is 9.83. The third kappa shape index (κ3) is 5.86. The fraction of sp³-hybridized carbons (Fsp3) is 0.474. The van der Waals surface area contributed by atoms with E-state index in [0.29, 0.717) is 16.8 Å². The first-order valence-corrected chi connectivity index (χ1v) is 19.2. The number of aryl methyl sites for hydroxylation is 2. The van der Waals surface area contributed by atoms with Gasteiger partial charge in [-0.15, -0.1) is 22.7 Å². The Kier molecular flexibility index (Phi) is 8.59. The van der Waals surface area contributed by atoms with Crippen molar-refractivity contribution in [2.24, 2.45) is 0 Å². The van der Waals surface area contributed by atoms with E-state index < -0.39 is 5.97 Å². The standard InChI is InChI=1S/C38H43N5O3S2/c1-23-36(47-24(2)39-23)30-13-10-26-20-27(11-12-29(26)40-30)35-34(25-8-4-3-5-9-25)37-31(21-32(48-37)38(45)46)43(35)22-33(44)42-18-14-28(15-19-42)41-16-6-7-17-41/h10-13,20-21,25,28H,3-9,14-19,22H2,1-2H3,(H,45,46). The molecule has 1 N–H and O–H groups in total. The van der Waals surface area contributed by atoms with Crippen LogP contribution < -0.4 is 0 Å². The smallest absolute Gasteiger partial charge is 0.345 e. The number of piperidine rings is 1. The van der Waals surface area contributed by atoms with Crippen molar-refractivity contribution in [3.63, 3.8) is 0 Å². The highest BCUT2D eigenvalue weighted by Crippen LogP contribution is 2.47. The molecule has 2 aliphatic heterocycles. The maximum Gasteiger partial charge on any atom is 0.345 e. The number of thiophene rings is 1. The number of likely N-dealkylation sites (tertiary alicyclic amines) is 2. The summed E-state index contributed by atoms with van der Waals surface area (Å²) in [7, 11) is 0. The monoisotopic (exact) mass is 681 g/mol. The van der Waals surface area contributed by atoms with Crippen LogP contribution in [0.5, 0.6) is 0 Å². The number of carboxylic acid groups (broad SMARTS) is 1. The molecule has 1 aromatic carbocycles. The third-order valence-electron chi connectivity index (χ3n) is 10.9. The van der Waals surface area contributed by atoms with Crippen molar-refractivity contribution in [1.29, 1.82) is 0 Å². The number of carbonyl (C=O) groups is 2. The summed E-state index contributed by atoms with van der Waals surface area (Å²) in [6.45, 7) is 8.20. The molecule has 1 amide bonds. The first-order valence-electron chi connectivity index (χ1n) is 17.6. The van der Waals surface area contributed by atoms with E-state index in [0.717, 1.165) is 92.4 Å². The van der Waals surface area contributed by atoms with Crippen molar-refractivity contribution >= 4 is 55.7 Å². The Bertz CT molecular complexity index is 2010. The fourth-order valence-electron chi connectivity index (χ4n) is 8.49. The van der Waals surface area contributed by atoms with Gasteiger partial charge in [-0.3, -0.25) is 4.79 Å². The number of thiazole rings is 1. The van der Waals surface area contributed by atoms with E-state index in [1.807, 2.05) is 18.7 Å². The highest BCUT2D eigenvalue weighted by atomic mass is 32.1. The summed E-state index contributed by atoms with van der Waals surface area (Å²) in [5.41, 5.74) is 7.09. The van der Waals surface area contributed by atoms with E-state index in [9.17, 15) is 14.7 Å². The van der Waals surface area contributed by atoms with Gasteiger partial charge in [-0.1, -0.05) is 31.4 Å². The van der Waals surface area contributed by atoms with Crippen LogP contribution in [-0.4, -0.2) is 73.5 Å². The molecule has 6 heterocycles. The van der Waals surface area contributed by atoms with Crippen LogP contribution in [0, 0.1) is 13.8 Å². The Hall–Kier alpha value is -3.60. The maximum atomic E-state index is 14.1. The summed E-state index contributed by atoms with van der Waals surface area (Å²) >= 11 is 3.04. The van der Waals surface area contributed by atoms with Crippen molar-refractivity contribution in [2.75, 3.05) is 26.2 Å². The van der Waals surface area contributed by atoms with Gasteiger partial charge in [0.05, 0.1) is 42.7 Å². The van der Waals surface area contributed by atoms with Gasteiger partial charge in [0.25, 0.3) is 0 Å². The molecule has 8 nitrogen and oxygen atoms in total. The highest BCUT2D eigenvalue weighted by molar-refractivity contribution is 7.21. The molecular weight excluding hydrogens is 639 g/mol. The molecule has 1 aliphatic carbocycles. The Morgan fingerprint density at radius 1 is 0.875 bits per heavy atom. The first kappa shape index (κ1) is 31.7. The van der Waals surface area contributed by atoms with Crippen LogP contribution in [0.3, 0.4) is 0 Å². The molecule has 5 aromatic rings. The summed E-state index contributed by atoms with van der Waals surface area (Å²) in [5.74, 6) is -0.459. The molecular formula is C38H43N5O3S2. The number of aromatic nitrogens is 3. The normalized spacial score (nSPS) is 18.4.